The second-order valence-electron chi connectivity index (χ2n) is 7.10. The van der Waals surface area contributed by atoms with Gasteiger partial charge in [-0.05, 0) is 36.2 Å². The van der Waals surface area contributed by atoms with E-state index in [0.717, 1.165) is 24.8 Å². The molecular formula is C17H27NO3S. The van der Waals surface area contributed by atoms with E-state index in [0.29, 0.717) is 11.3 Å². The lowest BCUT2D eigenvalue weighted by molar-refractivity contribution is 0.0683. The van der Waals surface area contributed by atoms with Crippen LogP contribution in [0.1, 0.15) is 48.0 Å². The maximum absolute atomic E-state index is 12.6. The SMILES string of the molecule is CC(C)(C)C1CCc2c(C(=O)N(CCO)CCO)csc2C1. The highest BCUT2D eigenvalue weighted by molar-refractivity contribution is 7.10. The molecule has 1 aromatic rings. The number of hydrogen-bond donors (Lipinski definition) is 2. The molecule has 2 N–H and O–H groups in total. The van der Waals surface area contributed by atoms with Gasteiger partial charge in [0.1, 0.15) is 0 Å². The van der Waals surface area contributed by atoms with E-state index < -0.39 is 0 Å². The van der Waals surface area contributed by atoms with Crippen LogP contribution in [-0.2, 0) is 12.8 Å². The molecule has 1 aromatic heterocycles. The predicted molar refractivity (Wildman–Crippen MR) is 89.4 cm³/mol. The van der Waals surface area contributed by atoms with Crippen LogP contribution in [0, 0.1) is 11.3 Å². The summed E-state index contributed by atoms with van der Waals surface area (Å²) in [6.07, 6.45) is 3.12. The Bertz CT molecular complexity index is 512. The van der Waals surface area contributed by atoms with E-state index >= 15 is 0 Å². The van der Waals surface area contributed by atoms with Crippen LogP contribution in [0.2, 0.25) is 0 Å². The molecule has 1 atom stereocenters. The molecule has 0 bridgehead atoms. The Balaban J connectivity index is 2.19. The number of aliphatic hydroxyl groups excluding tert-OH is 2. The van der Waals surface area contributed by atoms with Crippen LogP contribution in [0.25, 0.3) is 0 Å². The van der Waals surface area contributed by atoms with Gasteiger partial charge in [0, 0.05) is 23.3 Å². The van der Waals surface area contributed by atoms with Gasteiger partial charge in [0.05, 0.1) is 18.8 Å². The molecule has 1 aliphatic rings. The molecule has 0 aliphatic heterocycles. The van der Waals surface area contributed by atoms with Gasteiger partial charge in [0.15, 0.2) is 0 Å². The number of carbonyl (C=O) groups is 1. The molecule has 124 valence electrons. The summed E-state index contributed by atoms with van der Waals surface area (Å²) >= 11 is 1.68. The first-order valence-corrected chi connectivity index (χ1v) is 8.86. The van der Waals surface area contributed by atoms with Crippen molar-refractivity contribution in [1.29, 1.82) is 0 Å². The molecule has 0 fully saturated rings. The molecule has 1 aliphatic carbocycles. The summed E-state index contributed by atoms with van der Waals surface area (Å²) in [5.41, 5.74) is 2.26. The number of aliphatic hydroxyl groups is 2. The van der Waals surface area contributed by atoms with Gasteiger partial charge >= 0.3 is 0 Å². The van der Waals surface area contributed by atoms with Crippen molar-refractivity contribution in [2.24, 2.45) is 11.3 Å². The fraction of sp³-hybridized carbons (Fsp3) is 0.706. The average Bonchev–Trinajstić information content (AvgIpc) is 2.88. The lowest BCUT2D eigenvalue weighted by Crippen LogP contribution is -2.36. The van der Waals surface area contributed by atoms with Gasteiger partial charge in [0.25, 0.3) is 5.91 Å². The smallest absolute Gasteiger partial charge is 0.255 e. The van der Waals surface area contributed by atoms with Gasteiger partial charge in [0.2, 0.25) is 0 Å². The summed E-state index contributed by atoms with van der Waals surface area (Å²) in [4.78, 5) is 15.5. The third-order valence-electron chi connectivity index (χ3n) is 4.64. The molecular weight excluding hydrogens is 298 g/mol. The molecule has 2 rings (SSSR count). The van der Waals surface area contributed by atoms with E-state index in [9.17, 15) is 4.79 Å². The molecule has 22 heavy (non-hydrogen) atoms. The molecule has 0 radical (unpaired) electrons. The fourth-order valence-corrected chi connectivity index (χ4v) is 4.31. The summed E-state index contributed by atoms with van der Waals surface area (Å²) in [6, 6.07) is 0. The highest BCUT2D eigenvalue weighted by Gasteiger charge is 2.32. The monoisotopic (exact) mass is 325 g/mol. The van der Waals surface area contributed by atoms with E-state index in [1.807, 2.05) is 5.38 Å². The van der Waals surface area contributed by atoms with Gasteiger partial charge in [-0.25, -0.2) is 0 Å². The molecule has 4 nitrogen and oxygen atoms in total. The quantitative estimate of drug-likeness (QED) is 0.873. The van der Waals surface area contributed by atoms with Crippen LogP contribution in [-0.4, -0.2) is 47.3 Å². The Hall–Kier alpha value is -0.910. The zero-order chi connectivity index (χ0) is 16.3. The van der Waals surface area contributed by atoms with Crippen molar-refractivity contribution in [2.45, 2.75) is 40.0 Å². The largest absolute Gasteiger partial charge is 0.395 e. The highest BCUT2D eigenvalue weighted by atomic mass is 32.1. The van der Waals surface area contributed by atoms with Crippen molar-refractivity contribution in [3.8, 4) is 0 Å². The minimum atomic E-state index is -0.0792. The third kappa shape index (κ3) is 3.70. The Morgan fingerprint density at radius 3 is 2.50 bits per heavy atom. The van der Waals surface area contributed by atoms with Gasteiger partial charge in [-0.2, -0.15) is 0 Å². The second-order valence-corrected chi connectivity index (χ2v) is 8.06. The van der Waals surface area contributed by atoms with E-state index in [2.05, 4.69) is 20.8 Å². The molecule has 5 heteroatoms. The van der Waals surface area contributed by atoms with E-state index in [1.54, 1.807) is 11.3 Å². The Kier molecular flexibility index (Phi) is 5.64. The lowest BCUT2D eigenvalue weighted by Gasteiger charge is -2.34. The Labute approximate surface area is 136 Å². The van der Waals surface area contributed by atoms with E-state index in [4.69, 9.17) is 10.2 Å². The fourth-order valence-electron chi connectivity index (χ4n) is 3.16. The number of thiophene rings is 1. The highest BCUT2D eigenvalue weighted by Crippen LogP contribution is 2.40. The topological polar surface area (TPSA) is 60.8 Å². The van der Waals surface area contributed by atoms with Gasteiger partial charge in [-0.1, -0.05) is 20.8 Å². The molecule has 1 amide bonds. The number of carbonyl (C=O) groups excluding carboxylic acids is 1. The summed E-state index contributed by atoms with van der Waals surface area (Å²) in [6.45, 7) is 7.24. The van der Waals surface area contributed by atoms with Crippen LogP contribution in [0.15, 0.2) is 5.38 Å². The first kappa shape index (κ1) is 17.4. The molecule has 0 saturated carbocycles. The van der Waals surface area contributed by atoms with Crippen LogP contribution >= 0.6 is 11.3 Å². The van der Waals surface area contributed by atoms with Crippen LogP contribution in [0.5, 0.6) is 0 Å². The molecule has 0 saturated heterocycles. The number of amides is 1. The summed E-state index contributed by atoms with van der Waals surface area (Å²) in [5.74, 6) is 0.599. The summed E-state index contributed by atoms with van der Waals surface area (Å²) < 4.78 is 0. The maximum atomic E-state index is 12.6. The summed E-state index contributed by atoms with van der Waals surface area (Å²) in [7, 11) is 0. The zero-order valence-corrected chi connectivity index (χ0v) is 14.6. The van der Waals surface area contributed by atoms with Crippen molar-refractivity contribution in [3.05, 3.63) is 21.4 Å². The van der Waals surface area contributed by atoms with Crippen molar-refractivity contribution >= 4 is 17.2 Å². The van der Waals surface area contributed by atoms with Crippen LogP contribution in [0.3, 0.4) is 0 Å². The van der Waals surface area contributed by atoms with Crippen LogP contribution < -0.4 is 0 Å². The van der Waals surface area contributed by atoms with Gasteiger partial charge in [-0.3, -0.25) is 4.79 Å². The minimum Gasteiger partial charge on any atom is -0.395 e. The molecule has 1 heterocycles. The van der Waals surface area contributed by atoms with Gasteiger partial charge in [-0.15, -0.1) is 11.3 Å². The van der Waals surface area contributed by atoms with E-state index in [1.165, 1.54) is 15.3 Å². The van der Waals surface area contributed by atoms with Crippen LogP contribution in [0.4, 0.5) is 0 Å². The molecule has 0 aromatic carbocycles. The first-order valence-electron chi connectivity index (χ1n) is 7.98. The molecule has 1 unspecified atom stereocenters. The third-order valence-corrected chi connectivity index (χ3v) is 5.69. The maximum Gasteiger partial charge on any atom is 0.255 e. The molecule has 0 spiro atoms. The van der Waals surface area contributed by atoms with E-state index in [-0.39, 0.29) is 32.2 Å². The van der Waals surface area contributed by atoms with Crippen molar-refractivity contribution in [3.63, 3.8) is 0 Å². The van der Waals surface area contributed by atoms with Crippen molar-refractivity contribution in [2.75, 3.05) is 26.3 Å². The minimum absolute atomic E-state index is 0.0604. The Morgan fingerprint density at radius 2 is 1.95 bits per heavy atom. The average molecular weight is 325 g/mol. The summed E-state index contributed by atoms with van der Waals surface area (Å²) in [5, 5.41) is 20.2. The van der Waals surface area contributed by atoms with Crippen molar-refractivity contribution < 1.29 is 15.0 Å². The number of hydrogen-bond acceptors (Lipinski definition) is 4. The normalized spacial score (nSPS) is 18.1. The Morgan fingerprint density at radius 1 is 1.32 bits per heavy atom. The second kappa shape index (κ2) is 7.11. The predicted octanol–water partition coefficient (Wildman–Crippen LogP) is 2.33. The number of fused-ring (bicyclic) bond motifs is 1. The number of nitrogens with zero attached hydrogens (tertiary/aromatic N) is 1. The lowest BCUT2D eigenvalue weighted by atomic mass is 9.72. The zero-order valence-electron chi connectivity index (χ0n) is 13.8. The van der Waals surface area contributed by atoms with Crippen molar-refractivity contribution in [1.82, 2.24) is 4.90 Å². The first-order chi connectivity index (χ1) is 10.4. The van der Waals surface area contributed by atoms with Gasteiger partial charge < -0.3 is 15.1 Å². The number of rotatable bonds is 5. The standard InChI is InChI=1S/C17H27NO3S/c1-17(2,3)12-4-5-13-14(11-22-15(13)10-12)16(21)18(6-8-19)7-9-20/h11-12,19-20H,4-10H2,1-3H3.